The highest BCUT2D eigenvalue weighted by atomic mass is 35.5. The molecule has 0 spiro atoms. The Morgan fingerprint density at radius 3 is 2.20 bits per heavy atom. The molecule has 0 aliphatic rings. The largest absolute Gasteiger partial charge is 0.479 e. The summed E-state index contributed by atoms with van der Waals surface area (Å²) < 4.78 is 23.3. The van der Waals surface area contributed by atoms with E-state index in [2.05, 4.69) is 5.32 Å². The number of rotatable bonds is 6. The Morgan fingerprint density at radius 2 is 1.60 bits per heavy atom. The van der Waals surface area contributed by atoms with E-state index in [1.54, 1.807) is 24.3 Å². The van der Waals surface area contributed by atoms with Crippen molar-refractivity contribution >= 4 is 29.2 Å². The number of carbonyl (C=O) groups excluding carboxylic acids is 2. The van der Waals surface area contributed by atoms with Gasteiger partial charge in [0.15, 0.2) is 12.2 Å². The van der Waals surface area contributed by atoms with Crippen molar-refractivity contribution in [2.45, 2.75) is 26.1 Å². The summed E-state index contributed by atoms with van der Waals surface area (Å²) in [5.74, 6) is -1.27. The lowest BCUT2D eigenvalue weighted by atomic mass is 10.3. The Balaban J connectivity index is 1.86. The molecular weight excluding hydrogens is 349 g/mol. The molecule has 2 aromatic rings. The first-order chi connectivity index (χ1) is 11.8. The maximum Gasteiger partial charge on any atom is 0.347 e. The van der Waals surface area contributed by atoms with Crippen LogP contribution in [0.1, 0.15) is 13.8 Å². The van der Waals surface area contributed by atoms with Gasteiger partial charge in [-0.25, -0.2) is 9.18 Å². The molecule has 1 N–H and O–H groups in total. The summed E-state index contributed by atoms with van der Waals surface area (Å²) in [6.07, 6.45) is -1.96. The molecule has 0 unspecified atom stereocenters. The number of carbonyl (C=O) groups is 2. The van der Waals surface area contributed by atoms with E-state index >= 15 is 0 Å². The Bertz CT molecular complexity index is 734. The molecule has 132 valence electrons. The summed E-state index contributed by atoms with van der Waals surface area (Å²) in [6.45, 7) is 2.93. The van der Waals surface area contributed by atoms with E-state index in [-0.39, 0.29) is 0 Å². The average molecular weight is 366 g/mol. The van der Waals surface area contributed by atoms with Crippen molar-refractivity contribution in [3.05, 3.63) is 59.4 Å². The lowest BCUT2D eigenvalue weighted by Gasteiger charge is -2.17. The number of esters is 1. The quantitative estimate of drug-likeness (QED) is 0.790. The number of hydrogen-bond acceptors (Lipinski definition) is 4. The number of ether oxygens (including phenoxy) is 2. The minimum absolute atomic E-state index is 0.323. The Labute approximate surface area is 149 Å². The van der Waals surface area contributed by atoms with Crippen molar-refractivity contribution < 1.29 is 23.5 Å². The normalized spacial score (nSPS) is 12.8. The van der Waals surface area contributed by atoms with Gasteiger partial charge >= 0.3 is 5.97 Å². The molecule has 0 bridgehead atoms. The van der Waals surface area contributed by atoms with Crippen molar-refractivity contribution in [1.82, 2.24) is 0 Å². The smallest absolute Gasteiger partial charge is 0.347 e. The third-order valence-electron chi connectivity index (χ3n) is 3.23. The van der Waals surface area contributed by atoms with Gasteiger partial charge in [-0.05, 0) is 62.4 Å². The Hall–Kier alpha value is -2.60. The molecule has 25 heavy (non-hydrogen) atoms. The van der Waals surface area contributed by atoms with Gasteiger partial charge in [-0.1, -0.05) is 11.6 Å². The minimum atomic E-state index is -1.01. The number of hydrogen-bond donors (Lipinski definition) is 1. The first-order valence-electron chi connectivity index (χ1n) is 7.54. The molecule has 0 heterocycles. The van der Waals surface area contributed by atoms with Crippen molar-refractivity contribution in [1.29, 1.82) is 0 Å². The second-order valence-corrected chi connectivity index (χ2v) is 5.73. The summed E-state index contributed by atoms with van der Waals surface area (Å²) in [6, 6.07) is 11.8. The number of benzene rings is 2. The number of anilines is 1. The van der Waals surface area contributed by atoms with E-state index in [0.717, 1.165) is 0 Å². The maximum absolute atomic E-state index is 12.8. The van der Waals surface area contributed by atoms with Crippen LogP contribution in [0.4, 0.5) is 10.1 Å². The highest BCUT2D eigenvalue weighted by molar-refractivity contribution is 6.30. The highest BCUT2D eigenvalue weighted by Crippen LogP contribution is 2.15. The lowest BCUT2D eigenvalue weighted by Crippen LogP contribution is -2.35. The van der Waals surface area contributed by atoms with E-state index in [4.69, 9.17) is 21.1 Å². The molecule has 2 rings (SSSR count). The molecule has 2 aromatic carbocycles. The fourth-order valence-corrected chi connectivity index (χ4v) is 1.99. The molecule has 0 aliphatic carbocycles. The molecule has 0 aromatic heterocycles. The van der Waals surface area contributed by atoms with Gasteiger partial charge in [0, 0.05) is 10.7 Å². The van der Waals surface area contributed by atoms with Gasteiger partial charge < -0.3 is 14.8 Å². The molecule has 1 amide bonds. The van der Waals surface area contributed by atoms with Gasteiger partial charge in [0.25, 0.3) is 5.91 Å². The van der Waals surface area contributed by atoms with E-state index in [1.165, 1.54) is 38.1 Å². The van der Waals surface area contributed by atoms with Crippen molar-refractivity contribution in [3.63, 3.8) is 0 Å². The van der Waals surface area contributed by atoms with Crippen LogP contribution >= 0.6 is 11.6 Å². The van der Waals surface area contributed by atoms with Crippen LogP contribution in [0, 0.1) is 5.82 Å². The monoisotopic (exact) mass is 365 g/mol. The van der Waals surface area contributed by atoms with Crippen LogP contribution in [0.2, 0.25) is 5.02 Å². The summed E-state index contributed by atoms with van der Waals surface area (Å²) in [5, 5.41) is 3.16. The minimum Gasteiger partial charge on any atom is -0.479 e. The zero-order valence-corrected chi connectivity index (χ0v) is 14.4. The maximum atomic E-state index is 12.8. The molecule has 0 saturated carbocycles. The molecule has 7 heteroatoms. The van der Waals surface area contributed by atoms with Crippen molar-refractivity contribution in [2.24, 2.45) is 0 Å². The molecular formula is C18H17ClFNO4. The Morgan fingerprint density at radius 1 is 1.00 bits per heavy atom. The van der Waals surface area contributed by atoms with E-state index < -0.39 is 29.9 Å². The van der Waals surface area contributed by atoms with Gasteiger partial charge in [0.2, 0.25) is 0 Å². The first-order valence-corrected chi connectivity index (χ1v) is 7.92. The molecule has 0 radical (unpaired) electrons. The average Bonchev–Trinajstić information content (AvgIpc) is 2.58. The predicted molar refractivity (Wildman–Crippen MR) is 92.1 cm³/mol. The SMILES string of the molecule is C[C@@H](OC(=O)[C@@H](C)Oc1ccc(F)cc1)C(=O)Nc1ccc(Cl)cc1. The number of nitrogens with one attached hydrogen (secondary N) is 1. The number of halogens is 2. The highest BCUT2D eigenvalue weighted by Gasteiger charge is 2.23. The summed E-state index contributed by atoms with van der Waals surface area (Å²) in [5.41, 5.74) is 0.535. The summed E-state index contributed by atoms with van der Waals surface area (Å²) >= 11 is 5.77. The fraction of sp³-hybridized carbons (Fsp3) is 0.222. The van der Waals surface area contributed by atoms with Crippen LogP contribution in [-0.2, 0) is 14.3 Å². The van der Waals surface area contributed by atoms with Crippen LogP contribution < -0.4 is 10.1 Å². The molecule has 2 atom stereocenters. The van der Waals surface area contributed by atoms with E-state index in [0.29, 0.717) is 16.5 Å². The Kier molecular flexibility index (Phi) is 6.36. The van der Waals surface area contributed by atoms with Gasteiger partial charge in [0.1, 0.15) is 11.6 Å². The van der Waals surface area contributed by atoms with E-state index in [9.17, 15) is 14.0 Å². The van der Waals surface area contributed by atoms with E-state index in [1.807, 2.05) is 0 Å². The van der Waals surface area contributed by atoms with Gasteiger partial charge in [-0.3, -0.25) is 4.79 Å². The standard InChI is InChI=1S/C18H17ClFNO4/c1-11(17(22)21-15-7-3-13(19)4-8-15)25-18(23)12(2)24-16-9-5-14(20)6-10-16/h3-12H,1-2H3,(H,21,22)/t11-,12-/m1/s1. The molecule has 0 fully saturated rings. The summed E-state index contributed by atoms with van der Waals surface area (Å²) in [4.78, 5) is 24.1. The van der Waals surface area contributed by atoms with Gasteiger partial charge in [-0.2, -0.15) is 0 Å². The fourth-order valence-electron chi connectivity index (χ4n) is 1.87. The van der Waals surface area contributed by atoms with Crippen molar-refractivity contribution in [2.75, 3.05) is 5.32 Å². The van der Waals surface area contributed by atoms with Crippen LogP contribution in [0.15, 0.2) is 48.5 Å². The lowest BCUT2D eigenvalue weighted by molar-refractivity contribution is -0.159. The second-order valence-electron chi connectivity index (χ2n) is 5.29. The zero-order chi connectivity index (χ0) is 18.4. The van der Waals surface area contributed by atoms with Crippen LogP contribution in [0.5, 0.6) is 5.75 Å². The number of amides is 1. The molecule has 0 aliphatic heterocycles. The van der Waals surface area contributed by atoms with Gasteiger partial charge in [-0.15, -0.1) is 0 Å². The topological polar surface area (TPSA) is 64.6 Å². The predicted octanol–water partition coefficient (Wildman–Crippen LogP) is 3.82. The zero-order valence-electron chi connectivity index (χ0n) is 13.7. The third kappa shape index (κ3) is 5.76. The van der Waals surface area contributed by atoms with Gasteiger partial charge in [0.05, 0.1) is 0 Å². The third-order valence-corrected chi connectivity index (χ3v) is 3.48. The van der Waals surface area contributed by atoms with Crippen LogP contribution in [0.3, 0.4) is 0 Å². The van der Waals surface area contributed by atoms with Crippen molar-refractivity contribution in [3.8, 4) is 5.75 Å². The van der Waals surface area contributed by atoms with Crippen LogP contribution in [-0.4, -0.2) is 24.1 Å². The second kappa shape index (κ2) is 8.48. The summed E-state index contributed by atoms with van der Waals surface area (Å²) in [7, 11) is 0. The van der Waals surface area contributed by atoms with Crippen LogP contribution in [0.25, 0.3) is 0 Å². The molecule has 5 nitrogen and oxygen atoms in total. The molecule has 0 saturated heterocycles. The first kappa shape index (κ1) is 18.7.